The number of carboxylic acids is 1. The van der Waals surface area contributed by atoms with Gasteiger partial charge in [-0.1, -0.05) is 45.8 Å². The maximum absolute atomic E-state index is 11.9. The van der Waals surface area contributed by atoms with Crippen LogP contribution in [0.5, 0.6) is 0 Å². The average molecular weight is 627 g/mol. The van der Waals surface area contributed by atoms with Gasteiger partial charge in [0.05, 0.1) is 56.9 Å². The topological polar surface area (TPSA) is 103 Å². The number of rotatable bonds is 8. The molecule has 9 nitrogen and oxygen atoms in total. The van der Waals surface area contributed by atoms with Crippen molar-refractivity contribution in [2.24, 2.45) is 5.92 Å². The number of aromatic nitrogens is 4. The fourth-order valence-electron chi connectivity index (χ4n) is 6.89. The van der Waals surface area contributed by atoms with Gasteiger partial charge in [0.25, 0.3) is 0 Å². The molecule has 42 heavy (non-hydrogen) atoms. The number of aromatic carboxylic acids is 1. The first-order chi connectivity index (χ1) is 20.4. The van der Waals surface area contributed by atoms with E-state index < -0.39 is 5.97 Å². The maximum atomic E-state index is 11.9. The molecule has 4 aromatic rings. The molecule has 4 aliphatic rings. The van der Waals surface area contributed by atoms with Crippen LogP contribution in [0.1, 0.15) is 65.7 Å². The fourth-order valence-corrected chi connectivity index (χ4v) is 8.59. The summed E-state index contributed by atoms with van der Waals surface area (Å²) >= 11 is 14.7. The lowest BCUT2D eigenvalue weighted by molar-refractivity contribution is 0.00958. The van der Waals surface area contributed by atoms with Crippen molar-refractivity contribution in [1.82, 2.24) is 20.0 Å². The third-order valence-corrected chi connectivity index (χ3v) is 10.8. The van der Waals surface area contributed by atoms with E-state index in [4.69, 9.17) is 37.7 Å². The molecule has 2 bridgehead atoms. The summed E-state index contributed by atoms with van der Waals surface area (Å²) in [4.78, 5) is 19.3. The maximum Gasteiger partial charge on any atom is 0.335 e. The third kappa shape index (κ3) is 4.59. The molecule has 218 valence electrons. The second-order valence-corrected chi connectivity index (χ2v) is 13.6. The summed E-state index contributed by atoms with van der Waals surface area (Å²) in [5.41, 5.74) is 4.55. The first kappa shape index (κ1) is 26.8. The van der Waals surface area contributed by atoms with Crippen molar-refractivity contribution < 1.29 is 19.4 Å². The van der Waals surface area contributed by atoms with Gasteiger partial charge in [0.15, 0.2) is 5.13 Å². The number of nitrogens with zero attached hydrogens (tertiary/aromatic N) is 5. The van der Waals surface area contributed by atoms with Gasteiger partial charge >= 0.3 is 5.97 Å². The summed E-state index contributed by atoms with van der Waals surface area (Å²) in [7, 11) is 0. The number of carbonyl (C=O) groups is 1. The summed E-state index contributed by atoms with van der Waals surface area (Å²) in [5.74, 6) is -0.346. The van der Waals surface area contributed by atoms with Crippen LogP contribution in [0, 0.1) is 5.92 Å². The van der Waals surface area contributed by atoms with Crippen LogP contribution < -0.4 is 4.90 Å². The van der Waals surface area contributed by atoms with Gasteiger partial charge in [-0.2, -0.15) is 0 Å². The molecule has 2 aromatic heterocycles. The number of fused-ring (bicyclic) bond motifs is 3. The van der Waals surface area contributed by atoms with Gasteiger partial charge in [-0.05, 0) is 61.9 Å². The number of thiazole rings is 1. The number of hydrogen-bond donors (Lipinski definition) is 1. The average Bonchev–Trinajstić information content (AvgIpc) is 3.49. The third-order valence-electron chi connectivity index (χ3n) is 9.17. The van der Waals surface area contributed by atoms with Crippen LogP contribution >= 0.6 is 34.5 Å². The molecule has 0 unspecified atom stereocenters. The lowest BCUT2D eigenvalue weighted by Gasteiger charge is -2.31. The molecule has 2 saturated carbocycles. The van der Waals surface area contributed by atoms with E-state index in [9.17, 15) is 9.90 Å². The number of hydrogen-bond acceptors (Lipinski definition) is 8. The van der Waals surface area contributed by atoms with E-state index in [0.717, 1.165) is 65.3 Å². The molecule has 2 aromatic carbocycles. The summed E-state index contributed by atoms with van der Waals surface area (Å²) < 4.78 is 15.1. The van der Waals surface area contributed by atoms with E-state index in [1.54, 1.807) is 23.5 Å². The summed E-state index contributed by atoms with van der Waals surface area (Å²) in [5, 5.41) is 20.8. The smallest absolute Gasteiger partial charge is 0.335 e. The van der Waals surface area contributed by atoms with E-state index in [2.05, 4.69) is 15.2 Å². The fraction of sp³-hybridized carbons (Fsp3) is 0.467. The molecular formula is C30H29Cl2N5O4S. The number of anilines is 1. The van der Waals surface area contributed by atoms with Crippen molar-refractivity contribution in [2.45, 2.75) is 62.8 Å². The summed E-state index contributed by atoms with van der Waals surface area (Å²) in [6.45, 7) is 2.58. The van der Waals surface area contributed by atoms with Crippen molar-refractivity contribution in [1.29, 1.82) is 0 Å². The molecule has 0 amide bonds. The van der Waals surface area contributed by atoms with Crippen molar-refractivity contribution in [3.05, 3.63) is 57.2 Å². The predicted octanol–water partition coefficient (Wildman–Crippen LogP) is 6.58. The van der Waals surface area contributed by atoms with Crippen LogP contribution in [0.15, 0.2) is 30.3 Å². The Kier molecular flexibility index (Phi) is 6.68. The summed E-state index contributed by atoms with van der Waals surface area (Å²) in [6.07, 6.45) is 5.15. The molecule has 0 spiro atoms. The minimum absolute atomic E-state index is 0.127. The number of halogens is 2. The Balaban J connectivity index is 1.02. The molecule has 1 N–H and O–H groups in total. The van der Waals surface area contributed by atoms with Gasteiger partial charge in [0.2, 0.25) is 0 Å². The number of piperidine rings is 1. The molecule has 4 heterocycles. The van der Waals surface area contributed by atoms with E-state index in [1.165, 1.54) is 0 Å². The Labute approximate surface area is 256 Å². The van der Waals surface area contributed by atoms with Crippen LogP contribution in [0.25, 0.3) is 21.5 Å². The Morgan fingerprint density at radius 1 is 1.14 bits per heavy atom. The Morgan fingerprint density at radius 2 is 1.98 bits per heavy atom. The highest BCUT2D eigenvalue weighted by Gasteiger charge is 2.46. The highest BCUT2D eigenvalue weighted by Crippen LogP contribution is 2.46. The quantitative estimate of drug-likeness (QED) is 0.234. The van der Waals surface area contributed by atoms with Gasteiger partial charge < -0.3 is 19.5 Å². The second-order valence-electron chi connectivity index (χ2n) is 11.8. The molecule has 4 fully saturated rings. The van der Waals surface area contributed by atoms with Crippen LogP contribution in [0.3, 0.4) is 0 Å². The minimum Gasteiger partial charge on any atom is -0.478 e. The van der Waals surface area contributed by atoms with E-state index in [1.807, 2.05) is 22.9 Å². The number of carboxylic acid groups (broad SMARTS) is 1. The molecule has 12 heteroatoms. The molecule has 4 atom stereocenters. The van der Waals surface area contributed by atoms with Crippen molar-refractivity contribution in [3.63, 3.8) is 0 Å². The Hall–Kier alpha value is -2.76. The SMILES string of the molecule is O=C(O)c1cc([C@@H]2CCOC2)c2nc(N3C[C@@H]4C[C@H]3C[C@H]4OCc3c(-c4c(Cl)cccc4Cl)nnn3C3CC3)sc2c1. The van der Waals surface area contributed by atoms with Crippen LogP contribution in [0.4, 0.5) is 5.13 Å². The van der Waals surface area contributed by atoms with E-state index >= 15 is 0 Å². The number of ether oxygens (including phenoxy) is 2. The highest BCUT2D eigenvalue weighted by molar-refractivity contribution is 7.22. The zero-order chi connectivity index (χ0) is 28.5. The van der Waals surface area contributed by atoms with Gasteiger partial charge in [-0.25, -0.2) is 14.5 Å². The lowest BCUT2D eigenvalue weighted by atomic mass is 9.95. The largest absolute Gasteiger partial charge is 0.478 e. The van der Waals surface area contributed by atoms with Gasteiger partial charge in [0, 0.05) is 36.6 Å². The molecule has 0 radical (unpaired) electrons. The van der Waals surface area contributed by atoms with Crippen molar-refractivity contribution in [3.8, 4) is 11.3 Å². The standard InChI is InChI=1S/C30H29Cl2N5O4S/c31-21-2-1-3-22(32)26(21)28-23(37(35-34-28)18-4-5-18)14-41-24-11-19-8-17(24)12-36(19)30-33-27-20(15-6-7-40-13-15)9-16(29(38)39)10-25(27)42-30/h1-3,9-10,15,17-19,24H,4-8,11-14H2,(H,38,39)/t15-,17+,19+,24-/m1/s1. The monoisotopic (exact) mass is 625 g/mol. The predicted molar refractivity (Wildman–Crippen MR) is 161 cm³/mol. The lowest BCUT2D eigenvalue weighted by Crippen LogP contribution is -2.38. The van der Waals surface area contributed by atoms with Crippen LogP contribution in [-0.4, -0.2) is 63.0 Å². The normalized spacial score (nSPS) is 25.2. The second kappa shape index (κ2) is 10.4. The van der Waals surface area contributed by atoms with Crippen molar-refractivity contribution in [2.75, 3.05) is 24.7 Å². The van der Waals surface area contributed by atoms with Gasteiger partial charge in [0.1, 0.15) is 5.69 Å². The molecule has 2 aliphatic heterocycles. The zero-order valence-corrected chi connectivity index (χ0v) is 25.0. The zero-order valence-electron chi connectivity index (χ0n) is 22.7. The van der Waals surface area contributed by atoms with Crippen LogP contribution in [-0.2, 0) is 16.1 Å². The van der Waals surface area contributed by atoms with Crippen molar-refractivity contribution >= 4 is 55.9 Å². The Morgan fingerprint density at radius 3 is 2.67 bits per heavy atom. The van der Waals surface area contributed by atoms with E-state index in [-0.39, 0.29) is 12.0 Å². The van der Waals surface area contributed by atoms with Gasteiger partial charge in [-0.3, -0.25) is 0 Å². The molecular weight excluding hydrogens is 597 g/mol. The first-order valence-electron chi connectivity index (χ1n) is 14.5. The molecule has 2 aliphatic carbocycles. The first-order valence-corrected chi connectivity index (χ1v) is 16.0. The highest BCUT2D eigenvalue weighted by atomic mass is 35.5. The van der Waals surface area contributed by atoms with Gasteiger partial charge in [-0.15, -0.1) is 5.10 Å². The Bertz CT molecular complexity index is 1680. The number of benzene rings is 2. The van der Waals surface area contributed by atoms with Crippen LogP contribution in [0.2, 0.25) is 10.0 Å². The minimum atomic E-state index is -0.912. The molecule has 8 rings (SSSR count). The van der Waals surface area contributed by atoms with E-state index in [0.29, 0.717) is 64.7 Å². The summed E-state index contributed by atoms with van der Waals surface area (Å²) in [6, 6.07) is 9.71. The molecule has 2 saturated heterocycles.